The first-order chi connectivity index (χ1) is 14.2. The van der Waals surface area contributed by atoms with Crippen LogP contribution < -0.4 is 5.32 Å². The second-order valence-corrected chi connectivity index (χ2v) is 9.38. The Balaban J connectivity index is 1.34. The van der Waals surface area contributed by atoms with E-state index in [0.29, 0.717) is 26.2 Å². The maximum Gasteiger partial charge on any atom is 0.410 e. The molecule has 1 spiro atoms. The largest absolute Gasteiger partial charge is 0.445 e. The molecule has 30 heavy (non-hydrogen) atoms. The average molecular weight is 419 g/mol. The van der Waals surface area contributed by atoms with Crippen LogP contribution in [0.1, 0.15) is 52.0 Å². The Morgan fingerprint density at radius 2 is 1.87 bits per heavy atom. The molecule has 2 heterocycles. The zero-order chi connectivity index (χ0) is 21.6. The molecule has 7 heteroatoms. The fourth-order valence-corrected chi connectivity index (χ4v) is 3.93. The van der Waals surface area contributed by atoms with Gasteiger partial charge in [-0.25, -0.2) is 9.59 Å². The Labute approximate surface area is 179 Å². The lowest BCUT2D eigenvalue weighted by molar-refractivity contribution is -0.0846. The summed E-state index contributed by atoms with van der Waals surface area (Å²) in [4.78, 5) is 26.0. The number of carbonyl (C=O) groups excluding carboxylic acids is 2. The van der Waals surface area contributed by atoms with Gasteiger partial charge >= 0.3 is 12.2 Å². The smallest absolute Gasteiger partial charge is 0.410 e. The lowest BCUT2D eigenvalue weighted by Crippen LogP contribution is -2.49. The number of hydrogen-bond donors (Lipinski definition) is 1. The van der Waals surface area contributed by atoms with E-state index >= 15 is 0 Å². The molecule has 7 nitrogen and oxygen atoms in total. The highest BCUT2D eigenvalue weighted by Crippen LogP contribution is 2.40. The van der Waals surface area contributed by atoms with Crippen LogP contribution in [0.3, 0.4) is 0 Å². The molecule has 1 unspecified atom stereocenters. The third-order valence-electron chi connectivity index (χ3n) is 5.78. The fraction of sp³-hybridized carbons (Fsp3) is 0.652. The highest BCUT2D eigenvalue weighted by Gasteiger charge is 2.40. The van der Waals surface area contributed by atoms with Gasteiger partial charge in [0.1, 0.15) is 12.2 Å². The van der Waals surface area contributed by atoms with Crippen molar-refractivity contribution < 1.29 is 23.8 Å². The average Bonchev–Trinajstić information content (AvgIpc) is 2.72. The molecule has 3 rings (SSSR count). The molecule has 1 aromatic rings. The highest BCUT2D eigenvalue weighted by atomic mass is 16.6. The first-order valence-corrected chi connectivity index (χ1v) is 10.8. The second-order valence-electron chi connectivity index (χ2n) is 9.38. The maximum absolute atomic E-state index is 12.3. The lowest BCUT2D eigenvalue weighted by atomic mass is 9.73. The molecule has 166 valence electrons. The summed E-state index contributed by atoms with van der Waals surface area (Å²) in [5.41, 5.74) is 0.618. The van der Waals surface area contributed by atoms with Crippen LogP contribution >= 0.6 is 0 Å². The number of hydrogen-bond acceptors (Lipinski definition) is 5. The highest BCUT2D eigenvalue weighted by molar-refractivity contribution is 5.68. The van der Waals surface area contributed by atoms with Crippen molar-refractivity contribution in [2.75, 3.05) is 26.2 Å². The normalized spacial score (nSPS) is 21.2. The lowest BCUT2D eigenvalue weighted by Gasteiger charge is -2.45. The first kappa shape index (κ1) is 22.4. The summed E-state index contributed by atoms with van der Waals surface area (Å²) in [6.45, 7) is 8.44. The van der Waals surface area contributed by atoms with E-state index in [-0.39, 0.29) is 24.2 Å². The van der Waals surface area contributed by atoms with E-state index in [1.165, 1.54) is 0 Å². The van der Waals surface area contributed by atoms with Crippen molar-refractivity contribution in [3.63, 3.8) is 0 Å². The zero-order valence-electron chi connectivity index (χ0n) is 18.3. The van der Waals surface area contributed by atoms with Crippen molar-refractivity contribution in [3.05, 3.63) is 35.9 Å². The van der Waals surface area contributed by atoms with Crippen molar-refractivity contribution in [3.8, 4) is 0 Å². The van der Waals surface area contributed by atoms with Gasteiger partial charge in [0.2, 0.25) is 0 Å². The molecule has 0 bridgehead atoms. The van der Waals surface area contributed by atoms with E-state index in [9.17, 15) is 9.59 Å². The summed E-state index contributed by atoms with van der Waals surface area (Å²) in [5, 5.41) is 2.80. The summed E-state index contributed by atoms with van der Waals surface area (Å²) in [6.07, 6.45) is 3.13. The molecular formula is C23H34N2O5. The van der Waals surface area contributed by atoms with Crippen LogP contribution in [-0.2, 0) is 20.8 Å². The Bertz CT molecular complexity index is 698. The van der Waals surface area contributed by atoms with Crippen LogP contribution in [0.25, 0.3) is 0 Å². The number of likely N-dealkylation sites (tertiary alicyclic amines) is 1. The van der Waals surface area contributed by atoms with Gasteiger partial charge in [0.25, 0.3) is 0 Å². The molecule has 2 aliphatic rings. The van der Waals surface area contributed by atoms with Gasteiger partial charge in [0.15, 0.2) is 0 Å². The number of piperidine rings is 1. The molecule has 0 saturated carbocycles. The standard InChI is InChI=1S/C23H34N2O5/c1-22(2,3)30-21(27)25-13-11-23(12-14-25)10-9-19(29-17-23)15-24-20(26)28-16-18-7-5-4-6-8-18/h4-8,19H,9-17H2,1-3H3,(H,24,26). The number of nitrogens with zero attached hydrogens (tertiary/aromatic N) is 1. The SMILES string of the molecule is CC(C)(C)OC(=O)N1CCC2(CCC(CNC(=O)OCc3ccccc3)OC2)CC1. The first-order valence-electron chi connectivity index (χ1n) is 10.8. The van der Waals surface area contributed by atoms with Gasteiger partial charge in [0, 0.05) is 19.6 Å². The van der Waals surface area contributed by atoms with Crippen LogP contribution in [-0.4, -0.2) is 55.0 Å². The number of carbonyl (C=O) groups is 2. The van der Waals surface area contributed by atoms with Crippen LogP contribution in [0.2, 0.25) is 0 Å². The quantitative estimate of drug-likeness (QED) is 0.796. The molecule has 0 aliphatic carbocycles. The van der Waals surface area contributed by atoms with Gasteiger partial charge < -0.3 is 24.4 Å². The van der Waals surface area contributed by atoms with E-state index in [2.05, 4.69) is 5.32 Å². The number of benzene rings is 1. The predicted molar refractivity (Wildman–Crippen MR) is 113 cm³/mol. The Morgan fingerprint density at radius 3 is 2.47 bits per heavy atom. The minimum atomic E-state index is -0.470. The number of nitrogens with one attached hydrogen (secondary N) is 1. The van der Waals surface area contributed by atoms with Crippen molar-refractivity contribution in [1.82, 2.24) is 10.2 Å². The van der Waals surface area contributed by atoms with Gasteiger partial charge in [-0.1, -0.05) is 30.3 Å². The van der Waals surface area contributed by atoms with Gasteiger partial charge in [-0.2, -0.15) is 0 Å². The molecule has 0 radical (unpaired) electrons. The van der Waals surface area contributed by atoms with Gasteiger partial charge in [-0.05, 0) is 57.4 Å². The number of ether oxygens (including phenoxy) is 3. The minimum Gasteiger partial charge on any atom is -0.445 e. The van der Waals surface area contributed by atoms with E-state index in [1.54, 1.807) is 4.90 Å². The molecular weight excluding hydrogens is 384 g/mol. The summed E-state index contributed by atoms with van der Waals surface area (Å²) in [7, 11) is 0. The topological polar surface area (TPSA) is 77.1 Å². The van der Waals surface area contributed by atoms with E-state index in [1.807, 2.05) is 51.1 Å². The Hall–Kier alpha value is -2.28. The molecule has 0 aromatic heterocycles. The van der Waals surface area contributed by atoms with Crippen molar-refractivity contribution in [1.29, 1.82) is 0 Å². The van der Waals surface area contributed by atoms with Crippen LogP contribution in [0.15, 0.2) is 30.3 Å². The molecule has 2 saturated heterocycles. The van der Waals surface area contributed by atoms with Gasteiger partial charge in [0.05, 0.1) is 12.7 Å². The van der Waals surface area contributed by atoms with Crippen LogP contribution in [0.4, 0.5) is 9.59 Å². The zero-order valence-corrected chi connectivity index (χ0v) is 18.3. The molecule has 1 atom stereocenters. The van der Waals surface area contributed by atoms with E-state index in [4.69, 9.17) is 14.2 Å². The number of amides is 2. The summed E-state index contributed by atoms with van der Waals surface area (Å²) in [5.74, 6) is 0. The third kappa shape index (κ3) is 6.62. The molecule has 1 N–H and O–H groups in total. The number of rotatable bonds is 4. The van der Waals surface area contributed by atoms with Crippen LogP contribution in [0.5, 0.6) is 0 Å². The third-order valence-corrected chi connectivity index (χ3v) is 5.78. The molecule has 2 amide bonds. The molecule has 2 fully saturated rings. The predicted octanol–water partition coefficient (Wildman–Crippen LogP) is 4.11. The summed E-state index contributed by atoms with van der Waals surface area (Å²) < 4.78 is 16.8. The second kappa shape index (κ2) is 9.69. The Kier molecular flexibility index (Phi) is 7.23. The number of alkyl carbamates (subject to hydrolysis) is 1. The monoisotopic (exact) mass is 418 g/mol. The maximum atomic E-state index is 12.3. The minimum absolute atomic E-state index is 0.00351. The van der Waals surface area contributed by atoms with Gasteiger partial charge in [-0.15, -0.1) is 0 Å². The van der Waals surface area contributed by atoms with Crippen molar-refractivity contribution >= 4 is 12.2 Å². The summed E-state index contributed by atoms with van der Waals surface area (Å²) >= 11 is 0. The van der Waals surface area contributed by atoms with E-state index in [0.717, 1.165) is 31.2 Å². The molecule has 2 aliphatic heterocycles. The van der Waals surface area contributed by atoms with E-state index < -0.39 is 11.7 Å². The molecule has 1 aromatic carbocycles. The summed E-state index contributed by atoms with van der Waals surface area (Å²) in [6, 6.07) is 9.61. The van der Waals surface area contributed by atoms with Gasteiger partial charge in [-0.3, -0.25) is 0 Å². The van der Waals surface area contributed by atoms with Crippen LogP contribution in [0, 0.1) is 5.41 Å². The fourth-order valence-electron chi connectivity index (χ4n) is 3.93. The van der Waals surface area contributed by atoms with Crippen molar-refractivity contribution in [2.24, 2.45) is 5.41 Å². The van der Waals surface area contributed by atoms with Crippen molar-refractivity contribution in [2.45, 2.75) is 64.8 Å². The Morgan fingerprint density at radius 1 is 1.17 bits per heavy atom.